The van der Waals surface area contributed by atoms with Crippen LogP contribution in [0.25, 0.3) is 0 Å². The van der Waals surface area contributed by atoms with E-state index < -0.39 is 0 Å². The summed E-state index contributed by atoms with van der Waals surface area (Å²) in [6.45, 7) is 8.69. The van der Waals surface area contributed by atoms with Crippen LogP contribution in [-0.2, 0) is 16.7 Å². The molecule has 124 valence electrons. The molecule has 23 heavy (non-hydrogen) atoms. The fourth-order valence-electron chi connectivity index (χ4n) is 2.24. The van der Waals surface area contributed by atoms with Gasteiger partial charge in [-0.1, -0.05) is 45.0 Å². The van der Waals surface area contributed by atoms with Gasteiger partial charge in [0.25, 0.3) is 0 Å². The van der Waals surface area contributed by atoms with Gasteiger partial charge in [-0.2, -0.15) is 0 Å². The van der Waals surface area contributed by atoms with Crippen LogP contribution in [0.4, 0.5) is 5.69 Å². The van der Waals surface area contributed by atoms with Crippen LogP contribution < -0.4 is 10.1 Å². The Balaban J connectivity index is 1.86. The predicted octanol–water partition coefficient (Wildman–Crippen LogP) is 4.62. The zero-order valence-electron chi connectivity index (χ0n) is 14.6. The van der Waals surface area contributed by atoms with E-state index in [1.165, 1.54) is 11.1 Å². The lowest BCUT2D eigenvalue weighted by Gasteiger charge is -2.19. The molecule has 0 heterocycles. The molecule has 0 spiro atoms. The lowest BCUT2D eigenvalue weighted by atomic mass is 9.87. The van der Waals surface area contributed by atoms with Crippen LogP contribution in [0.2, 0.25) is 0 Å². The molecule has 0 aliphatic rings. The first-order chi connectivity index (χ1) is 11.0. The van der Waals surface area contributed by atoms with Crippen LogP contribution in [0.1, 0.15) is 31.9 Å². The standard InChI is InChI=1S/C20H27NO2/c1-20(2,3)17-7-5-16(6-8-17)15-21-18-9-11-19(12-10-18)23-14-13-22-4/h5-12,21H,13-15H2,1-4H3. The minimum atomic E-state index is 0.199. The molecule has 0 bridgehead atoms. The summed E-state index contributed by atoms with van der Waals surface area (Å²) in [6.07, 6.45) is 0. The van der Waals surface area contributed by atoms with Gasteiger partial charge in [-0.3, -0.25) is 0 Å². The highest BCUT2D eigenvalue weighted by molar-refractivity contribution is 5.47. The first kappa shape index (κ1) is 17.4. The Morgan fingerprint density at radius 1 is 0.870 bits per heavy atom. The largest absolute Gasteiger partial charge is 0.491 e. The van der Waals surface area contributed by atoms with Crippen molar-refractivity contribution in [3.63, 3.8) is 0 Å². The molecule has 0 saturated carbocycles. The summed E-state index contributed by atoms with van der Waals surface area (Å²) in [5.74, 6) is 0.863. The van der Waals surface area contributed by atoms with Crippen molar-refractivity contribution >= 4 is 5.69 Å². The SMILES string of the molecule is COCCOc1ccc(NCc2ccc(C(C)(C)C)cc2)cc1. The monoisotopic (exact) mass is 313 g/mol. The minimum absolute atomic E-state index is 0.199. The number of benzene rings is 2. The van der Waals surface area contributed by atoms with E-state index in [0.29, 0.717) is 13.2 Å². The molecule has 3 nitrogen and oxygen atoms in total. The summed E-state index contributed by atoms with van der Waals surface area (Å²) in [4.78, 5) is 0. The Morgan fingerprint density at radius 2 is 1.52 bits per heavy atom. The first-order valence-corrected chi connectivity index (χ1v) is 8.04. The van der Waals surface area contributed by atoms with Crippen LogP contribution in [-0.4, -0.2) is 20.3 Å². The molecular formula is C20H27NO2. The molecule has 2 aromatic carbocycles. The second-order valence-corrected chi connectivity index (χ2v) is 6.67. The molecule has 3 heteroatoms. The number of rotatable bonds is 7. The number of ether oxygens (including phenoxy) is 2. The molecule has 2 rings (SSSR count). The molecule has 0 saturated heterocycles. The fraction of sp³-hybridized carbons (Fsp3) is 0.400. The maximum atomic E-state index is 5.56. The van der Waals surface area contributed by atoms with E-state index in [9.17, 15) is 0 Å². The highest BCUT2D eigenvalue weighted by atomic mass is 16.5. The number of hydrogen-bond acceptors (Lipinski definition) is 3. The summed E-state index contributed by atoms with van der Waals surface area (Å²) in [5, 5.41) is 3.43. The lowest BCUT2D eigenvalue weighted by molar-refractivity contribution is 0.146. The predicted molar refractivity (Wildman–Crippen MR) is 96.3 cm³/mol. The topological polar surface area (TPSA) is 30.5 Å². The number of nitrogens with one attached hydrogen (secondary N) is 1. The number of anilines is 1. The van der Waals surface area contributed by atoms with Gasteiger partial charge >= 0.3 is 0 Å². The quantitative estimate of drug-likeness (QED) is 0.757. The van der Waals surface area contributed by atoms with Crippen LogP contribution in [0.5, 0.6) is 5.75 Å². The molecular weight excluding hydrogens is 286 g/mol. The molecule has 0 fully saturated rings. The van der Waals surface area contributed by atoms with Crippen molar-refractivity contribution in [1.29, 1.82) is 0 Å². The average molecular weight is 313 g/mol. The Kier molecular flexibility index (Phi) is 6.05. The Hall–Kier alpha value is -2.00. The van der Waals surface area contributed by atoms with Crippen LogP contribution in [0, 0.1) is 0 Å². The summed E-state index contributed by atoms with van der Waals surface area (Å²) in [7, 11) is 1.67. The number of methoxy groups -OCH3 is 1. The van der Waals surface area contributed by atoms with Crippen molar-refractivity contribution in [3.05, 3.63) is 59.7 Å². The highest BCUT2D eigenvalue weighted by Crippen LogP contribution is 2.22. The lowest BCUT2D eigenvalue weighted by Crippen LogP contribution is -2.11. The maximum absolute atomic E-state index is 5.56. The molecule has 0 amide bonds. The van der Waals surface area contributed by atoms with E-state index in [4.69, 9.17) is 9.47 Å². The molecule has 0 aliphatic carbocycles. The van der Waals surface area contributed by atoms with E-state index in [0.717, 1.165) is 18.0 Å². The molecule has 0 aliphatic heterocycles. The summed E-state index contributed by atoms with van der Waals surface area (Å²) in [5.41, 5.74) is 3.92. The van der Waals surface area contributed by atoms with Crippen molar-refractivity contribution in [1.82, 2.24) is 0 Å². The first-order valence-electron chi connectivity index (χ1n) is 8.04. The van der Waals surface area contributed by atoms with E-state index in [-0.39, 0.29) is 5.41 Å². The van der Waals surface area contributed by atoms with Gasteiger partial charge in [-0.15, -0.1) is 0 Å². The molecule has 2 aromatic rings. The summed E-state index contributed by atoms with van der Waals surface area (Å²) >= 11 is 0. The average Bonchev–Trinajstić information content (AvgIpc) is 2.54. The zero-order valence-corrected chi connectivity index (χ0v) is 14.6. The smallest absolute Gasteiger partial charge is 0.119 e. The van der Waals surface area contributed by atoms with Gasteiger partial charge in [-0.05, 0) is 40.8 Å². The zero-order chi connectivity index (χ0) is 16.7. The second kappa shape index (κ2) is 8.02. The Labute approximate surface area is 139 Å². The van der Waals surface area contributed by atoms with E-state index in [1.54, 1.807) is 7.11 Å². The van der Waals surface area contributed by atoms with E-state index in [1.807, 2.05) is 24.3 Å². The Bertz CT molecular complexity index is 583. The van der Waals surface area contributed by atoms with Gasteiger partial charge in [-0.25, -0.2) is 0 Å². The van der Waals surface area contributed by atoms with Gasteiger partial charge in [0.15, 0.2) is 0 Å². The normalized spacial score (nSPS) is 11.3. The minimum Gasteiger partial charge on any atom is -0.491 e. The molecule has 1 N–H and O–H groups in total. The van der Waals surface area contributed by atoms with Crippen molar-refractivity contribution in [2.45, 2.75) is 32.7 Å². The van der Waals surface area contributed by atoms with E-state index in [2.05, 4.69) is 50.4 Å². The van der Waals surface area contributed by atoms with Crippen molar-refractivity contribution < 1.29 is 9.47 Å². The van der Waals surface area contributed by atoms with Crippen molar-refractivity contribution in [2.24, 2.45) is 0 Å². The third-order valence-corrected chi connectivity index (χ3v) is 3.73. The fourth-order valence-corrected chi connectivity index (χ4v) is 2.24. The second-order valence-electron chi connectivity index (χ2n) is 6.67. The summed E-state index contributed by atoms with van der Waals surface area (Å²) in [6, 6.07) is 16.8. The van der Waals surface area contributed by atoms with Gasteiger partial charge < -0.3 is 14.8 Å². The van der Waals surface area contributed by atoms with Gasteiger partial charge in [0.1, 0.15) is 12.4 Å². The van der Waals surface area contributed by atoms with Crippen LogP contribution >= 0.6 is 0 Å². The van der Waals surface area contributed by atoms with Crippen LogP contribution in [0.15, 0.2) is 48.5 Å². The molecule has 0 atom stereocenters. The molecule has 0 aromatic heterocycles. The molecule has 0 unspecified atom stereocenters. The summed E-state index contributed by atoms with van der Waals surface area (Å²) < 4.78 is 10.5. The van der Waals surface area contributed by atoms with Gasteiger partial charge in [0, 0.05) is 19.3 Å². The number of hydrogen-bond donors (Lipinski definition) is 1. The third kappa shape index (κ3) is 5.61. The van der Waals surface area contributed by atoms with Crippen molar-refractivity contribution in [3.8, 4) is 5.75 Å². The molecule has 0 radical (unpaired) electrons. The van der Waals surface area contributed by atoms with Crippen molar-refractivity contribution in [2.75, 3.05) is 25.6 Å². The van der Waals surface area contributed by atoms with Crippen LogP contribution in [0.3, 0.4) is 0 Å². The Morgan fingerprint density at radius 3 is 2.09 bits per heavy atom. The third-order valence-electron chi connectivity index (χ3n) is 3.73. The maximum Gasteiger partial charge on any atom is 0.119 e. The van der Waals surface area contributed by atoms with Gasteiger partial charge in [0.05, 0.1) is 6.61 Å². The van der Waals surface area contributed by atoms with Gasteiger partial charge in [0.2, 0.25) is 0 Å². The highest BCUT2D eigenvalue weighted by Gasteiger charge is 2.12. The van der Waals surface area contributed by atoms with E-state index >= 15 is 0 Å².